The first kappa shape index (κ1) is 18.5. The molecule has 2 aromatic carbocycles. The number of carbonyl (C=O) groups excluding carboxylic acids is 1. The molecule has 0 saturated carbocycles. The Morgan fingerprint density at radius 1 is 1.00 bits per heavy atom. The second kappa shape index (κ2) is 7.40. The molecular weight excluding hydrogens is 312 g/mol. The maximum atomic E-state index is 12.7. The molecule has 24 heavy (non-hydrogen) atoms. The van der Waals surface area contributed by atoms with Gasteiger partial charge in [0.1, 0.15) is 0 Å². The molecule has 0 aromatic heterocycles. The van der Waals surface area contributed by atoms with Crippen LogP contribution in [0.15, 0.2) is 47.4 Å². The number of thioether (sulfide) groups is 1. The fraction of sp³-hybridized carbons (Fsp3) is 0.318. The first-order valence-electron chi connectivity index (χ1n) is 8.26. The van der Waals surface area contributed by atoms with Crippen LogP contribution in [0.5, 0.6) is 0 Å². The predicted molar refractivity (Wildman–Crippen MR) is 106 cm³/mol. The maximum absolute atomic E-state index is 12.7. The molecule has 0 N–H and O–H groups in total. The molecule has 0 aliphatic rings. The summed E-state index contributed by atoms with van der Waals surface area (Å²) in [5.41, 5.74) is 5.18. The second-order valence-electron chi connectivity index (χ2n) is 7.22. The summed E-state index contributed by atoms with van der Waals surface area (Å²) in [7, 11) is 0. The van der Waals surface area contributed by atoms with Gasteiger partial charge in [0.2, 0.25) is 0 Å². The van der Waals surface area contributed by atoms with Crippen LogP contribution >= 0.6 is 11.8 Å². The van der Waals surface area contributed by atoms with E-state index in [1.54, 1.807) is 6.08 Å². The summed E-state index contributed by atoms with van der Waals surface area (Å²) in [5, 5.41) is 0. The third-order valence-corrected chi connectivity index (χ3v) is 4.88. The zero-order valence-electron chi connectivity index (χ0n) is 15.4. The van der Waals surface area contributed by atoms with Crippen LogP contribution in [0.2, 0.25) is 0 Å². The monoisotopic (exact) mass is 338 g/mol. The topological polar surface area (TPSA) is 17.1 Å². The average Bonchev–Trinajstić information content (AvgIpc) is 2.43. The standard InChI is InChI=1S/C22H26OS/c1-15-13-16(2)21(17(3)14-15)19(23)12-11-18-9-7-8-10-20(18)24-22(4,5)6/h7-14H,1-6H3/b12-11+. The quantitative estimate of drug-likeness (QED) is 0.364. The number of allylic oxidation sites excluding steroid dienone is 1. The number of hydrogen-bond donors (Lipinski definition) is 0. The van der Waals surface area contributed by atoms with Gasteiger partial charge in [0, 0.05) is 15.2 Å². The third kappa shape index (κ3) is 4.85. The van der Waals surface area contributed by atoms with Gasteiger partial charge in [0.15, 0.2) is 5.78 Å². The van der Waals surface area contributed by atoms with Crippen molar-refractivity contribution in [3.63, 3.8) is 0 Å². The molecule has 0 bridgehead atoms. The van der Waals surface area contributed by atoms with Crippen LogP contribution < -0.4 is 0 Å². The van der Waals surface area contributed by atoms with Gasteiger partial charge in [-0.3, -0.25) is 4.79 Å². The first-order chi connectivity index (χ1) is 11.2. The highest BCUT2D eigenvalue weighted by Crippen LogP contribution is 2.34. The molecular formula is C22H26OS. The van der Waals surface area contributed by atoms with E-state index in [2.05, 4.69) is 52.0 Å². The number of benzene rings is 2. The van der Waals surface area contributed by atoms with E-state index >= 15 is 0 Å². The lowest BCUT2D eigenvalue weighted by molar-refractivity contribution is 0.104. The molecule has 0 aliphatic heterocycles. The zero-order valence-corrected chi connectivity index (χ0v) is 16.3. The number of hydrogen-bond acceptors (Lipinski definition) is 2. The van der Waals surface area contributed by atoms with E-state index in [-0.39, 0.29) is 10.5 Å². The number of ketones is 1. The van der Waals surface area contributed by atoms with Crippen LogP contribution in [0.3, 0.4) is 0 Å². The van der Waals surface area contributed by atoms with E-state index in [0.717, 1.165) is 22.3 Å². The SMILES string of the molecule is Cc1cc(C)c(C(=O)/C=C/c2ccccc2SC(C)(C)C)c(C)c1. The van der Waals surface area contributed by atoms with Crippen LogP contribution in [-0.4, -0.2) is 10.5 Å². The van der Waals surface area contributed by atoms with Gasteiger partial charge in [-0.1, -0.05) is 56.7 Å². The Morgan fingerprint density at radius 2 is 1.58 bits per heavy atom. The lowest BCUT2D eigenvalue weighted by Gasteiger charge is -2.18. The van der Waals surface area contributed by atoms with Crippen molar-refractivity contribution < 1.29 is 4.79 Å². The lowest BCUT2D eigenvalue weighted by atomic mass is 9.96. The summed E-state index contributed by atoms with van der Waals surface area (Å²) in [5.74, 6) is 0.0700. The molecule has 0 spiro atoms. The minimum atomic E-state index is 0.0700. The second-order valence-corrected chi connectivity index (χ2v) is 9.09. The Bertz CT molecular complexity index is 756. The minimum absolute atomic E-state index is 0.0700. The predicted octanol–water partition coefficient (Wildman–Crippen LogP) is 6.40. The summed E-state index contributed by atoms with van der Waals surface area (Å²) in [6.45, 7) is 12.7. The fourth-order valence-corrected chi connectivity index (χ4v) is 3.92. The Hall–Kier alpha value is -1.80. The Kier molecular flexibility index (Phi) is 5.71. The van der Waals surface area contributed by atoms with Crippen LogP contribution in [-0.2, 0) is 0 Å². The number of rotatable bonds is 4. The third-order valence-electron chi connectivity index (χ3n) is 3.67. The summed E-state index contributed by atoms with van der Waals surface area (Å²) < 4.78 is 0.137. The molecule has 2 heteroatoms. The highest BCUT2D eigenvalue weighted by molar-refractivity contribution is 8.00. The number of aryl methyl sites for hydroxylation is 3. The molecule has 0 atom stereocenters. The molecule has 0 saturated heterocycles. The van der Waals surface area contributed by atoms with Gasteiger partial charge >= 0.3 is 0 Å². The first-order valence-corrected chi connectivity index (χ1v) is 9.07. The molecule has 126 valence electrons. The van der Waals surface area contributed by atoms with Gasteiger partial charge in [-0.15, -0.1) is 11.8 Å². The van der Waals surface area contributed by atoms with Gasteiger partial charge in [-0.05, 0) is 55.7 Å². The largest absolute Gasteiger partial charge is 0.289 e. The molecule has 0 amide bonds. The van der Waals surface area contributed by atoms with Gasteiger partial charge in [-0.25, -0.2) is 0 Å². The summed E-state index contributed by atoms with van der Waals surface area (Å²) in [6, 6.07) is 12.4. The van der Waals surface area contributed by atoms with Crippen molar-refractivity contribution in [2.45, 2.75) is 51.2 Å². The molecule has 0 radical (unpaired) electrons. The van der Waals surface area contributed by atoms with Gasteiger partial charge in [0.25, 0.3) is 0 Å². The molecule has 2 aromatic rings. The zero-order chi connectivity index (χ0) is 17.9. The fourth-order valence-electron chi connectivity index (χ4n) is 2.86. The summed E-state index contributed by atoms with van der Waals surface area (Å²) in [6.07, 6.45) is 3.64. The molecule has 0 aliphatic carbocycles. The van der Waals surface area contributed by atoms with E-state index in [0.29, 0.717) is 0 Å². The Morgan fingerprint density at radius 3 is 2.17 bits per heavy atom. The highest BCUT2D eigenvalue weighted by atomic mass is 32.2. The van der Waals surface area contributed by atoms with Gasteiger partial charge in [0.05, 0.1) is 0 Å². The number of carbonyl (C=O) groups is 1. The Labute approximate surface area is 150 Å². The van der Waals surface area contributed by atoms with Crippen molar-refractivity contribution in [2.24, 2.45) is 0 Å². The van der Waals surface area contributed by atoms with E-state index in [9.17, 15) is 4.79 Å². The molecule has 2 rings (SSSR count). The van der Waals surface area contributed by atoms with Crippen molar-refractivity contribution >= 4 is 23.6 Å². The van der Waals surface area contributed by atoms with Crippen LogP contribution in [0.4, 0.5) is 0 Å². The lowest BCUT2D eigenvalue weighted by Crippen LogP contribution is -2.07. The average molecular weight is 339 g/mol. The Balaban J connectivity index is 2.31. The maximum Gasteiger partial charge on any atom is 0.186 e. The molecule has 1 nitrogen and oxygen atoms in total. The summed E-state index contributed by atoms with van der Waals surface area (Å²) >= 11 is 1.82. The van der Waals surface area contributed by atoms with Crippen LogP contribution in [0.1, 0.15) is 53.4 Å². The van der Waals surface area contributed by atoms with Crippen molar-refractivity contribution in [3.8, 4) is 0 Å². The van der Waals surface area contributed by atoms with E-state index < -0.39 is 0 Å². The van der Waals surface area contributed by atoms with Gasteiger partial charge in [-0.2, -0.15) is 0 Å². The highest BCUT2D eigenvalue weighted by Gasteiger charge is 2.14. The van der Waals surface area contributed by atoms with E-state index in [1.165, 1.54) is 10.5 Å². The van der Waals surface area contributed by atoms with E-state index in [1.807, 2.05) is 43.8 Å². The van der Waals surface area contributed by atoms with Crippen LogP contribution in [0, 0.1) is 20.8 Å². The normalized spacial score (nSPS) is 11.9. The smallest absolute Gasteiger partial charge is 0.186 e. The van der Waals surface area contributed by atoms with Crippen molar-refractivity contribution in [1.29, 1.82) is 0 Å². The minimum Gasteiger partial charge on any atom is -0.289 e. The molecule has 0 fully saturated rings. The molecule has 0 heterocycles. The van der Waals surface area contributed by atoms with Crippen molar-refractivity contribution in [1.82, 2.24) is 0 Å². The van der Waals surface area contributed by atoms with E-state index in [4.69, 9.17) is 0 Å². The summed E-state index contributed by atoms with van der Waals surface area (Å²) in [4.78, 5) is 13.9. The van der Waals surface area contributed by atoms with Crippen molar-refractivity contribution in [2.75, 3.05) is 0 Å². The van der Waals surface area contributed by atoms with Crippen molar-refractivity contribution in [3.05, 3.63) is 70.3 Å². The van der Waals surface area contributed by atoms with Crippen LogP contribution in [0.25, 0.3) is 6.08 Å². The van der Waals surface area contributed by atoms with Gasteiger partial charge < -0.3 is 0 Å². The molecule has 0 unspecified atom stereocenters.